The van der Waals surface area contributed by atoms with Gasteiger partial charge in [0.25, 0.3) is 0 Å². The molecular weight excluding hydrogens is 290 g/mol. The molecule has 114 valence electrons. The van der Waals surface area contributed by atoms with Gasteiger partial charge in [-0.05, 0) is 48.6 Å². The highest BCUT2D eigenvalue weighted by molar-refractivity contribution is 6.94. The van der Waals surface area contributed by atoms with Crippen molar-refractivity contribution in [3.63, 3.8) is 0 Å². The molecule has 1 atom stereocenters. The van der Waals surface area contributed by atoms with E-state index in [1.807, 2.05) is 18.2 Å². The maximum atomic E-state index is 13.0. The fraction of sp³-hybridized carbons (Fsp3) is 0.444. The predicted octanol–water partition coefficient (Wildman–Crippen LogP) is 4.22. The number of nitrogens with zero attached hydrogens (tertiary/aromatic N) is 1. The third-order valence-corrected chi connectivity index (χ3v) is 6.94. The van der Waals surface area contributed by atoms with Crippen LogP contribution in [0, 0.1) is 16.7 Å². The van der Waals surface area contributed by atoms with Crippen LogP contribution in [0.5, 0.6) is 5.75 Å². The molecular formula is C18H21NO2Si. The first-order valence-corrected chi connectivity index (χ1v) is 11.2. The molecule has 0 radical (unpaired) electrons. The van der Waals surface area contributed by atoms with E-state index in [0.29, 0.717) is 12.0 Å². The van der Waals surface area contributed by atoms with Crippen LogP contribution in [0.1, 0.15) is 35.2 Å². The van der Waals surface area contributed by atoms with Crippen molar-refractivity contribution in [2.24, 2.45) is 5.41 Å². The molecule has 0 bridgehead atoms. The summed E-state index contributed by atoms with van der Waals surface area (Å²) in [6.07, 6.45) is 2.46. The number of fused-ring (bicyclic) bond motifs is 2. The summed E-state index contributed by atoms with van der Waals surface area (Å²) in [7, 11) is -0.0596. The Bertz CT molecular complexity index is 736. The van der Waals surface area contributed by atoms with Gasteiger partial charge in [-0.25, -0.2) is 0 Å². The molecule has 3 rings (SSSR count). The molecule has 0 spiro atoms. The molecule has 0 N–H and O–H groups in total. The van der Waals surface area contributed by atoms with E-state index in [9.17, 15) is 10.1 Å². The van der Waals surface area contributed by atoms with Crippen LogP contribution in [0.25, 0.3) is 5.20 Å². The number of carbonyl (C=O) groups excluding carboxylic acids is 1. The number of hydrogen-bond donors (Lipinski definition) is 0. The second-order valence-corrected chi connectivity index (χ2v) is 12.2. The number of hydrogen-bond acceptors (Lipinski definition) is 3. The fourth-order valence-corrected chi connectivity index (χ4v) is 6.22. The number of rotatable bonds is 2. The number of benzene rings is 1. The van der Waals surface area contributed by atoms with Gasteiger partial charge in [-0.2, -0.15) is 5.26 Å². The molecule has 1 aromatic carbocycles. The Balaban J connectivity index is 2.39. The highest BCUT2D eigenvalue weighted by atomic mass is 28.3. The predicted molar refractivity (Wildman–Crippen MR) is 89.5 cm³/mol. The Kier molecular flexibility index (Phi) is 3.30. The molecule has 2 aliphatic rings. The fourth-order valence-electron chi connectivity index (χ4n) is 3.96. The minimum absolute atomic E-state index is 0.0119. The molecule has 0 aromatic heterocycles. The second-order valence-electron chi connectivity index (χ2n) is 7.21. The molecule has 1 unspecified atom stereocenters. The number of ether oxygens (including phenoxy) is 1. The van der Waals surface area contributed by atoms with Gasteiger partial charge in [-0.1, -0.05) is 24.8 Å². The summed E-state index contributed by atoms with van der Waals surface area (Å²) in [5, 5.41) is 11.1. The first-order valence-electron chi connectivity index (χ1n) is 7.74. The van der Waals surface area contributed by atoms with E-state index in [4.69, 9.17) is 4.74 Å². The first-order chi connectivity index (χ1) is 10.3. The number of ketones is 1. The topological polar surface area (TPSA) is 50.1 Å². The summed E-state index contributed by atoms with van der Waals surface area (Å²) in [5.41, 5.74) is 1.90. The number of methoxy groups -OCH3 is 1. The highest BCUT2D eigenvalue weighted by Gasteiger charge is 2.52. The van der Waals surface area contributed by atoms with Crippen LogP contribution >= 0.6 is 0 Å². The van der Waals surface area contributed by atoms with Crippen molar-refractivity contribution in [2.75, 3.05) is 7.11 Å². The van der Waals surface area contributed by atoms with Crippen LogP contribution in [-0.4, -0.2) is 21.0 Å². The highest BCUT2D eigenvalue weighted by Crippen LogP contribution is 2.54. The minimum Gasteiger partial charge on any atom is -0.497 e. The molecule has 2 aliphatic carbocycles. The summed E-state index contributed by atoms with van der Waals surface area (Å²) in [6, 6.07) is 8.02. The van der Waals surface area contributed by atoms with Crippen molar-refractivity contribution in [1.82, 2.24) is 0 Å². The molecule has 0 aliphatic heterocycles. The van der Waals surface area contributed by atoms with Crippen molar-refractivity contribution in [2.45, 2.75) is 38.9 Å². The Morgan fingerprint density at radius 1 is 1.27 bits per heavy atom. The van der Waals surface area contributed by atoms with E-state index in [-0.39, 0.29) is 5.78 Å². The van der Waals surface area contributed by atoms with Crippen molar-refractivity contribution in [3.8, 4) is 11.8 Å². The number of nitriles is 1. The molecule has 0 amide bonds. The molecule has 3 nitrogen and oxygen atoms in total. The van der Waals surface area contributed by atoms with Gasteiger partial charge in [0.1, 0.15) is 11.2 Å². The van der Waals surface area contributed by atoms with E-state index < -0.39 is 13.5 Å². The summed E-state index contributed by atoms with van der Waals surface area (Å²) in [5.74, 6) is 0.757. The van der Waals surface area contributed by atoms with Gasteiger partial charge in [0.05, 0.1) is 21.3 Å². The summed E-state index contributed by atoms with van der Waals surface area (Å²) in [6.45, 7) is 6.86. The van der Waals surface area contributed by atoms with Gasteiger partial charge in [-0.3, -0.25) is 4.79 Å². The molecule has 22 heavy (non-hydrogen) atoms. The van der Waals surface area contributed by atoms with Crippen molar-refractivity contribution < 1.29 is 9.53 Å². The zero-order chi connectivity index (χ0) is 16.1. The van der Waals surface area contributed by atoms with Gasteiger partial charge in [-0.15, -0.1) is 0 Å². The SMILES string of the molecule is COc1ccc2c(c1)C([Si](C)(C)C)=C1CCCC1(C#N)C2=O. The van der Waals surface area contributed by atoms with Crippen molar-refractivity contribution >= 4 is 19.1 Å². The maximum absolute atomic E-state index is 13.0. The van der Waals surface area contributed by atoms with E-state index >= 15 is 0 Å². The lowest BCUT2D eigenvalue weighted by molar-refractivity contribution is 0.0893. The Hall–Kier alpha value is -1.86. The van der Waals surface area contributed by atoms with Crippen LogP contribution in [0.15, 0.2) is 23.8 Å². The van der Waals surface area contributed by atoms with Gasteiger partial charge < -0.3 is 4.74 Å². The molecule has 1 saturated carbocycles. The molecule has 0 saturated heterocycles. The van der Waals surface area contributed by atoms with Crippen LogP contribution in [0.3, 0.4) is 0 Å². The third-order valence-electron chi connectivity index (χ3n) is 4.86. The van der Waals surface area contributed by atoms with E-state index in [0.717, 1.165) is 29.7 Å². The van der Waals surface area contributed by atoms with Gasteiger partial charge >= 0.3 is 0 Å². The lowest BCUT2D eigenvalue weighted by atomic mass is 9.72. The normalized spacial score (nSPS) is 23.9. The lowest BCUT2D eigenvalue weighted by Gasteiger charge is -2.36. The van der Waals surface area contributed by atoms with Crippen molar-refractivity contribution in [3.05, 3.63) is 34.9 Å². The zero-order valence-corrected chi connectivity index (χ0v) is 14.6. The average Bonchev–Trinajstić information content (AvgIpc) is 2.90. The largest absolute Gasteiger partial charge is 0.497 e. The molecule has 1 fully saturated rings. The second kappa shape index (κ2) is 4.82. The van der Waals surface area contributed by atoms with Gasteiger partial charge in [0, 0.05) is 5.56 Å². The zero-order valence-electron chi connectivity index (χ0n) is 13.6. The number of allylic oxidation sites excluding steroid dienone is 1. The quantitative estimate of drug-likeness (QED) is 0.768. The van der Waals surface area contributed by atoms with Crippen LogP contribution in [-0.2, 0) is 0 Å². The molecule has 0 heterocycles. The Morgan fingerprint density at radius 2 is 2.00 bits per heavy atom. The van der Waals surface area contributed by atoms with Crippen LogP contribution in [0.2, 0.25) is 19.6 Å². The first kappa shape index (κ1) is 15.0. The summed E-state index contributed by atoms with van der Waals surface area (Å²) in [4.78, 5) is 13.0. The van der Waals surface area contributed by atoms with Gasteiger partial charge in [0.2, 0.25) is 0 Å². The monoisotopic (exact) mass is 311 g/mol. The summed E-state index contributed by atoms with van der Waals surface area (Å²) >= 11 is 0. The standard InChI is InChI=1S/C18H21NO2Si/c1-21-12-7-8-13-14(10-12)16(22(2,3)4)15-6-5-9-18(15,11-19)17(13)20/h7-8,10H,5-6,9H2,1-4H3. The lowest BCUT2D eigenvalue weighted by Crippen LogP contribution is -2.38. The summed E-state index contributed by atoms with van der Waals surface area (Å²) < 4.78 is 5.36. The Labute approximate surface area is 132 Å². The third kappa shape index (κ3) is 1.89. The Morgan fingerprint density at radius 3 is 2.59 bits per heavy atom. The molecule has 4 heteroatoms. The smallest absolute Gasteiger partial charge is 0.187 e. The van der Waals surface area contributed by atoms with Crippen LogP contribution < -0.4 is 4.74 Å². The average molecular weight is 311 g/mol. The molecule has 1 aromatic rings. The van der Waals surface area contributed by atoms with Gasteiger partial charge in [0.15, 0.2) is 5.78 Å². The number of carbonyl (C=O) groups is 1. The van der Waals surface area contributed by atoms with E-state index in [2.05, 4.69) is 25.7 Å². The number of Topliss-reactive ketones (excluding diaryl/α,β-unsaturated/α-hetero) is 1. The maximum Gasteiger partial charge on any atom is 0.187 e. The van der Waals surface area contributed by atoms with Crippen LogP contribution in [0.4, 0.5) is 0 Å². The van der Waals surface area contributed by atoms with Crippen molar-refractivity contribution in [1.29, 1.82) is 5.26 Å². The minimum atomic E-state index is -1.70. The van der Waals surface area contributed by atoms with E-state index in [1.165, 1.54) is 5.20 Å². The van der Waals surface area contributed by atoms with E-state index in [1.54, 1.807) is 7.11 Å².